The highest BCUT2D eigenvalue weighted by Gasteiger charge is 2.44. The number of carbonyl (C=O) groups excluding carboxylic acids is 1. The summed E-state index contributed by atoms with van der Waals surface area (Å²) in [4.78, 5) is 16.3. The van der Waals surface area contributed by atoms with Crippen LogP contribution in [-0.4, -0.2) is 38.5 Å². The minimum Gasteiger partial charge on any atom is -0.356 e. The Bertz CT molecular complexity index is 873. The molecule has 0 bridgehead atoms. The minimum absolute atomic E-state index is 0. The van der Waals surface area contributed by atoms with Gasteiger partial charge in [-0.3, -0.25) is 9.79 Å². The van der Waals surface area contributed by atoms with Gasteiger partial charge in [-0.15, -0.1) is 24.0 Å². The lowest BCUT2D eigenvalue weighted by Crippen LogP contribution is -2.44. The van der Waals surface area contributed by atoms with Crippen molar-refractivity contribution >= 4 is 47.4 Å². The van der Waals surface area contributed by atoms with Gasteiger partial charge in [0, 0.05) is 32.1 Å². The predicted molar refractivity (Wildman–Crippen MR) is 126 cm³/mol. The third kappa shape index (κ3) is 6.30. The average molecular weight is 531 g/mol. The van der Waals surface area contributed by atoms with Gasteiger partial charge in [-0.2, -0.15) is 0 Å². The molecule has 3 N–H and O–H groups in total. The summed E-state index contributed by atoms with van der Waals surface area (Å²) in [5.41, 5.74) is 1.44. The van der Waals surface area contributed by atoms with Crippen LogP contribution in [0.5, 0.6) is 0 Å². The van der Waals surface area contributed by atoms with Gasteiger partial charge in [-0.1, -0.05) is 35.9 Å². The van der Waals surface area contributed by atoms with E-state index in [4.69, 9.17) is 11.6 Å². The van der Waals surface area contributed by atoms with Crippen molar-refractivity contribution in [2.24, 2.45) is 4.99 Å². The summed E-state index contributed by atoms with van der Waals surface area (Å²) in [5.74, 6) is 0.230. The molecule has 1 aliphatic carbocycles. The lowest BCUT2D eigenvalue weighted by Gasteiger charge is -2.19. The molecule has 8 heteroatoms. The summed E-state index contributed by atoms with van der Waals surface area (Å²) in [6.45, 7) is 1.63. The van der Waals surface area contributed by atoms with E-state index in [1.165, 1.54) is 6.07 Å². The van der Waals surface area contributed by atoms with Gasteiger partial charge in [0.1, 0.15) is 5.82 Å². The minimum atomic E-state index is -0.210. The van der Waals surface area contributed by atoms with Gasteiger partial charge < -0.3 is 16.0 Å². The van der Waals surface area contributed by atoms with E-state index in [1.54, 1.807) is 43.4 Å². The number of amides is 1. The summed E-state index contributed by atoms with van der Waals surface area (Å²) in [6.07, 6.45) is 2.04. The standard InChI is InChI=1S/C21H24ClFN4O.HI/c1-24-20(26-12-11-25-19(28)17-7-2-3-8-18(17)22)27-14-21(9-10-21)15-5-4-6-16(23)13-15;/h2-8,13H,9-12,14H2,1H3,(H,25,28)(H2,24,26,27);1H. The van der Waals surface area contributed by atoms with Crippen LogP contribution in [0, 0.1) is 5.82 Å². The summed E-state index contributed by atoms with van der Waals surface area (Å²) in [6, 6.07) is 13.7. The van der Waals surface area contributed by atoms with E-state index in [0.29, 0.717) is 36.2 Å². The third-order valence-corrected chi connectivity index (χ3v) is 5.26. The van der Waals surface area contributed by atoms with Crippen molar-refractivity contribution in [2.75, 3.05) is 26.7 Å². The molecule has 1 aliphatic rings. The van der Waals surface area contributed by atoms with Gasteiger partial charge in [0.05, 0.1) is 10.6 Å². The van der Waals surface area contributed by atoms with E-state index in [2.05, 4.69) is 20.9 Å². The van der Waals surface area contributed by atoms with Gasteiger partial charge >= 0.3 is 0 Å². The highest BCUT2D eigenvalue weighted by atomic mass is 127. The maximum atomic E-state index is 13.5. The van der Waals surface area contributed by atoms with Gasteiger partial charge in [-0.05, 0) is 42.7 Å². The average Bonchev–Trinajstić information content (AvgIpc) is 3.49. The normalized spacial score (nSPS) is 14.5. The Morgan fingerprint density at radius 1 is 1.10 bits per heavy atom. The molecule has 2 aromatic carbocycles. The van der Waals surface area contributed by atoms with Crippen molar-refractivity contribution in [3.63, 3.8) is 0 Å². The van der Waals surface area contributed by atoms with E-state index in [1.807, 2.05) is 6.07 Å². The summed E-state index contributed by atoms with van der Waals surface area (Å²) >= 11 is 6.03. The zero-order chi connectivity index (χ0) is 20.0. The Balaban J connectivity index is 0.00000300. The van der Waals surface area contributed by atoms with Crippen LogP contribution in [0.1, 0.15) is 28.8 Å². The van der Waals surface area contributed by atoms with Crippen molar-refractivity contribution in [3.05, 3.63) is 70.5 Å². The number of aliphatic imine (C=N–C) groups is 1. The van der Waals surface area contributed by atoms with Crippen LogP contribution in [0.25, 0.3) is 0 Å². The molecule has 1 amide bonds. The number of hydrogen-bond acceptors (Lipinski definition) is 2. The number of halogens is 3. The van der Waals surface area contributed by atoms with Gasteiger partial charge in [0.15, 0.2) is 5.96 Å². The first-order valence-electron chi connectivity index (χ1n) is 9.27. The predicted octanol–water partition coefficient (Wildman–Crippen LogP) is 3.72. The van der Waals surface area contributed by atoms with Crippen LogP contribution in [0.2, 0.25) is 5.02 Å². The molecule has 1 saturated carbocycles. The molecule has 0 saturated heterocycles. The number of nitrogens with zero attached hydrogens (tertiary/aromatic N) is 1. The van der Waals surface area contributed by atoms with E-state index in [0.717, 1.165) is 18.4 Å². The highest BCUT2D eigenvalue weighted by Crippen LogP contribution is 2.47. The van der Waals surface area contributed by atoms with Crippen LogP contribution in [-0.2, 0) is 5.41 Å². The first kappa shape index (κ1) is 23.4. The van der Waals surface area contributed by atoms with Gasteiger partial charge in [0.2, 0.25) is 0 Å². The van der Waals surface area contributed by atoms with Crippen LogP contribution in [0.4, 0.5) is 4.39 Å². The molecule has 5 nitrogen and oxygen atoms in total. The largest absolute Gasteiger partial charge is 0.356 e. The Hall–Kier alpha value is -1.87. The van der Waals surface area contributed by atoms with E-state index >= 15 is 0 Å². The summed E-state index contributed by atoms with van der Waals surface area (Å²) in [7, 11) is 1.69. The van der Waals surface area contributed by atoms with Gasteiger partial charge in [0.25, 0.3) is 5.91 Å². The van der Waals surface area contributed by atoms with Gasteiger partial charge in [-0.25, -0.2) is 4.39 Å². The molecule has 29 heavy (non-hydrogen) atoms. The second-order valence-electron chi connectivity index (χ2n) is 6.88. The van der Waals surface area contributed by atoms with E-state index in [9.17, 15) is 9.18 Å². The molecule has 2 aromatic rings. The fourth-order valence-corrected chi connectivity index (χ4v) is 3.33. The van der Waals surface area contributed by atoms with E-state index in [-0.39, 0.29) is 41.1 Å². The van der Waals surface area contributed by atoms with Crippen molar-refractivity contribution in [2.45, 2.75) is 18.3 Å². The first-order valence-corrected chi connectivity index (χ1v) is 9.65. The Morgan fingerprint density at radius 3 is 2.48 bits per heavy atom. The molecule has 3 rings (SSSR count). The van der Waals surface area contributed by atoms with Crippen molar-refractivity contribution in [1.82, 2.24) is 16.0 Å². The maximum absolute atomic E-state index is 13.5. The molecular weight excluding hydrogens is 506 g/mol. The number of nitrogens with one attached hydrogen (secondary N) is 3. The number of carbonyl (C=O) groups is 1. The third-order valence-electron chi connectivity index (χ3n) is 4.93. The van der Waals surface area contributed by atoms with Crippen LogP contribution in [0.15, 0.2) is 53.5 Å². The number of benzene rings is 2. The topological polar surface area (TPSA) is 65.5 Å². The Kier molecular flexibility index (Phi) is 8.70. The molecule has 156 valence electrons. The molecule has 0 spiro atoms. The first-order chi connectivity index (χ1) is 13.5. The molecular formula is C21H25ClFIN4O. The molecule has 0 unspecified atom stereocenters. The van der Waals surface area contributed by atoms with Crippen LogP contribution >= 0.6 is 35.6 Å². The molecule has 0 aromatic heterocycles. The Morgan fingerprint density at radius 2 is 1.83 bits per heavy atom. The second-order valence-corrected chi connectivity index (χ2v) is 7.29. The molecule has 0 heterocycles. The zero-order valence-electron chi connectivity index (χ0n) is 16.2. The van der Waals surface area contributed by atoms with E-state index < -0.39 is 0 Å². The lowest BCUT2D eigenvalue weighted by atomic mass is 9.96. The summed E-state index contributed by atoms with van der Waals surface area (Å²) in [5, 5.41) is 9.73. The van der Waals surface area contributed by atoms with Crippen LogP contribution in [0.3, 0.4) is 0 Å². The SMILES string of the molecule is CN=C(NCCNC(=O)c1ccccc1Cl)NCC1(c2cccc(F)c2)CC1.I. The summed E-state index contributed by atoms with van der Waals surface area (Å²) < 4.78 is 13.5. The Labute approximate surface area is 192 Å². The molecule has 1 fully saturated rings. The van der Waals surface area contributed by atoms with Crippen molar-refractivity contribution in [3.8, 4) is 0 Å². The fraction of sp³-hybridized carbons (Fsp3) is 0.333. The molecule has 0 aliphatic heterocycles. The quantitative estimate of drug-likeness (QED) is 0.221. The number of hydrogen-bond donors (Lipinski definition) is 3. The number of guanidine groups is 1. The smallest absolute Gasteiger partial charge is 0.252 e. The van der Waals surface area contributed by atoms with Crippen molar-refractivity contribution < 1.29 is 9.18 Å². The highest BCUT2D eigenvalue weighted by molar-refractivity contribution is 14.0. The van der Waals surface area contributed by atoms with Crippen LogP contribution < -0.4 is 16.0 Å². The van der Waals surface area contributed by atoms with Crippen molar-refractivity contribution in [1.29, 1.82) is 0 Å². The molecule has 0 atom stereocenters. The molecule has 0 radical (unpaired) electrons. The fourth-order valence-electron chi connectivity index (χ4n) is 3.11. The maximum Gasteiger partial charge on any atom is 0.252 e. The number of rotatable bonds is 7. The monoisotopic (exact) mass is 530 g/mol. The lowest BCUT2D eigenvalue weighted by molar-refractivity contribution is 0.0954. The zero-order valence-corrected chi connectivity index (χ0v) is 19.3. The second kappa shape index (κ2) is 10.8.